The van der Waals surface area contributed by atoms with E-state index in [1.165, 1.54) is 11.8 Å². The molecule has 0 bridgehead atoms. The van der Waals surface area contributed by atoms with Crippen LogP contribution in [0.15, 0.2) is 90.0 Å². The maximum atomic E-state index is 13.7. The fourth-order valence-electron chi connectivity index (χ4n) is 4.57. The molecule has 202 valence electrons. The Morgan fingerprint density at radius 2 is 1.59 bits per heavy atom. The first-order valence-corrected chi connectivity index (χ1v) is 13.8. The molecule has 1 unspecified atom stereocenters. The summed E-state index contributed by atoms with van der Waals surface area (Å²) in [7, 11) is 0. The number of anilines is 1. The number of pyridine rings is 2. The normalized spacial score (nSPS) is 11.6. The van der Waals surface area contributed by atoms with Crippen LogP contribution < -0.4 is 5.32 Å². The first kappa shape index (κ1) is 27.6. The van der Waals surface area contributed by atoms with E-state index in [9.17, 15) is 20.0 Å². The first-order chi connectivity index (χ1) is 19.8. The molecule has 1 atom stereocenters. The molecule has 2 heterocycles. The second-order valence-corrected chi connectivity index (χ2v) is 10.7. The number of aromatic nitrogens is 2. The van der Waals surface area contributed by atoms with Crippen molar-refractivity contribution in [2.45, 2.75) is 31.0 Å². The van der Waals surface area contributed by atoms with E-state index in [2.05, 4.69) is 21.4 Å². The van der Waals surface area contributed by atoms with E-state index in [1.807, 2.05) is 57.2 Å². The van der Waals surface area contributed by atoms with Crippen molar-refractivity contribution in [3.63, 3.8) is 0 Å². The Morgan fingerprint density at radius 3 is 2.27 bits per heavy atom. The molecule has 0 saturated heterocycles. The molecule has 7 nitrogen and oxygen atoms in total. The summed E-state index contributed by atoms with van der Waals surface area (Å²) >= 11 is 1.25. The number of hydrogen-bond donors (Lipinski definition) is 2. The van der Waals surface area contributed by atoms with E-state index in [1.54, 1.807) is 48.5 Å². The van der Waals surface area contributed by atoms with Crippen LogP contribution >= 0.6 is 11.8 Å². The van der Waals surface area contributed by atoms with E-state index in [-0.39, 0.29) is 11.5 Å². The van der Waals surface area contributed by atoms with Crippen molar-refractivity contribution < 1.29 is 14.7 Å². The van der Waals surface area contributed by atoms with Gasteiger partial charge in [0.2, 0.25) is 5.91 Å². The van der Waals surface area contributed by atoms with E-state index < -0.39 is 11.2 Å². The Hall–Kier alpha value is -5.00. The molecule has 0 spiro atoms. The molecule has 5 aromatic rings. The van der Waals surface area contributed by atoms with Crippen molar-refractivity contribution in [1.82, 2.24) is 9.97 Å². The largest absolute Gasteiger partial charge is 0.478 e. The SMILES string of the molecule is Cc1nc(SC(C(=O)Nc2ccc(-c3cc(C(=O)O)c4ccccc4n3)cc2)c2ccccc2)c(C#N)c(C)c1C. The van der Waals surface area contributed by atoms with Gasteiger partial charge in [0, 0.05) is 22.3 Å². The number of hydrogen-bond acceptors (Lipinski definition) is 6. The summed E-state index contributed by atoms with van der Waals surface area (Å²) in [6, 6.07) is 27.5. The predicted octanol–water partition coefficient (Wildman–Crippen LogP) is 7.26. The molecule has 0 saturated carbocycles. The van der Waals surface area contributed by atoms with Gasteiger partial charge in [0.05, 0.1) is 22.3 Å². The summed E-state index contributed by atoms with van der Waals surface area (Å²) in [5, 5.41) is 23.0. The van der Waals surface area contributed by atoms with Crippen LogP contribution in [0.2, 0.25) is 0 Å². The van der Waals surface area contributed by atoms with Crippen molar-refractivity contribution in [2.24, 2.45) is 0 Å². The highest BCUT2D eigenvalue weighted by Crippen LogP contribution is 2.38. The number of carboxylic acids is 1. The van der Waals surface area contributed by atoms with Gasteiger partial charge < -0.3 is 10.4 Å². The molecular formula is C33H26N4O3S. The average molecular weight is 559 g/mol. The number of carbonyl (C=O) groups excluding carboxylic acids is 1. The predicted molar refractivity (Wildman–Crippen MR) is 161 cm³/mol. The number of carboxylic acid groups (broad SMARTS) is 1. The zero-order valence-corrected chi connectivity index (χ0v) is 23.5. The molecule has 0 aliphatic rings. The highest BCUT2D eigenvalue weighted by molar-refractivity contribution is 8.00. The van der Waals surface area contributed by atoms with Gasteiger partial charge in [-0.2, -0.15) is 5.26 Å². The van der Waals surface area contributed by atoms with Crippen molar-refractivity contribution in [2.75, 3.05) is 5.32 Å². The van der Waals surface area contributed by atoms with E-state index in [4.69, 9.17) is 0 Å². The minimum absolute atomic E-state index is 0.178. The number of nitrogens with zero attached hydrogens (tertiary/aromatic N) is 3. The number of fused-ring (bicyclic) bond motifs is 1. The van der Waals surface area contributed by atoms with Crippen molar-refractivity contribution >= 4 is 40.2 Å². The number of nitrogens with one attached hydrogen (secondary N) is 1. The standard InChI is InChI=1S/C33H26N4O3S/c1-19-20(2)27(18-34)32(35-21(19)3)41-30(23-9-5-4-6-10-23)31(38)36-24-15-13-22(14-16-24)29-17-26(33(39)40)25-11-7-8-12-28(25)37-29/h4-17,30H,1-3H3,(H,36,38)(H,39,40). The molecule has 0 aliphatic heterocycles. The Morgan fingerprint density at radius 1 is 0.902 bits per heavy atom. The van der Waals surface area contributed by atoms with Crippen molar-refractivity contribution in [3.8, 4) is 17.3 Å². The minimum atomic E-state index is -1.02. The van der Waals surface area contributed by atoms with Crippen molar-refractivity contribution in [3.05, 3.63) is 118 Å². The van der Waals surface area contributed by atoms with Crippen LogP contribution in [0, 0.1) is 32.1 Å². The van der Waals surface area contributed by atoms with Gasteiger partial charge in [-0.3, -0.25) is 4.79 Å². The summed E-state index contributed by atoms with van der Waals surface area (Å²) in [6.07, 6.45) is 0. The quantitative estimate of drug-likeness (QED) is 0.202. The van der Waals surface area contributed by atoms with Crippen LogP contribution in [-0.2, 0) is 4.79 Å². The maximum Gasteiger partial charge on any atom is 0.336 e. The number of thioether (sulfide) groups is 1. The summed E-state index contributed by atoms with van der Waals surface area (Å²) in [4.78, 5) is 34.8. The molecule has 0 radical (unpaired) electrons. The second-order valence-electron chi connectivity index (χ2n) is 9.59. The van der Waals surface area contributed by atoms with E-state index >= 15 is 0 Å². The summed E-state index contributed by atoms with van der Waals surface area (Å²) in [5.41, 5.74) is 6.49. The van der Waals surface area contributed by atoms with Gasteiger partial charge in [0.25, 0.3) is 0 Å². The Balaban J connectivity index is 1.44. The van der Waals surface area contributed by atoms with E-state index in [0.717, 1.165) is 27.9 Å². The fraction of sp³-hybridized carbons (Fsp3) is 0.121. The fourth-order valence-corrected chi connectivity index (χ4v) is 5.76. The Kier molecular flexibility index (Phi) is 7.81. The molecule has 2 aromatic heterocycles. The highest BCUT2D eigenvalue weighted by Gasteiger charge is 2.26. The maximum absolute atomic E-state index is 13.7. The molecule has 8 heteroatoms. The van der Waals surface area contributed by atoms with Gasteiger partial charge in [0.1, 0.15) is 16.3 Å². The van der Waals surface area contributed by atoms with Crippen LogP contribution in [0.3, 0.4) is 0 Å². The third-order valence-corrected chi connectivity index (χ3v) is 8.28. The summed E-state index contributed by atoms with van der Waals surface area (Å²) < 4.78 is 0. The van der Waals surface area contributed by atoms with Crippen LogP contribution in [0.1, 0.15) is 43.6 Å². The Labute approximate surface area is 241 Å². The van der Waals surface area contributed by atoms with E-state index in [0.29, 0.717) is 32.9 Å². The summed E-state index contributed by atoms with van der Waals surface area (Å²) in [5.74, 6) is -1.28. The van der Waals surface area contributed by atoms with Gasteiger partial charge in [-0.15, -0.1) is 0 Å². The lowest BCUT2D eigenvalue weighted by Gasteiger charge is -2.19. The number of carbonyl (C=O) groups is 2. The van der Waals surface area contributed by atoms with Gasteiger partial charge >= 0.3 is 5.97 Å². The first-order valence-electron chi connectivity index (χ1n) is 12.9. The van der Waals surface area contributed by atoms with Crippen LogP contribution in [0.25, 0.3) is 22.2 Å². The minimum Gasteiger partial charge on any atom is -0.478 e. The van der Waals surface area contributed by atoms with Gasteiger partial charge in [-0.25, -0.2) is 14.8 Å². The monoisotopic (exact) mass is 558 g/mol. The van der Waals surface area contributed by atoms with Crippen LogP contribution in [-0.4, -0.2) is 27.0 Å². The molecule has 41 heavy (non-hydrogen) atoms. The highest BCUT2D eigenvalue weighted by atomic mass is 32.2. The van der Waals surface area contributed by atoms with Gasteiger partial charge in [-0.05, 0) is 61.7 Å². The lowest BCUT2D eigenvalue weighted by molar-refractivity contribution is -0.115. The number of aryl methyl sites for hydroxylation is 1. The molecular weight excluding hydrogens is 532 g/mol. The van der Waals surface area contributed by atoms with Crippen LogP contribution in [0.4, 0.5) is 5.69 Å². The molecule has 0 aliphatic carbocycles. The zero-order valence-electron chi connectivity index (χ0n) is 22.7. The number of benzene rings is 3. The third-order valence-electron chi connectivity index (χ3n) is 7.04. The van der Waals surface area contributed by atoms with Gasteiger partial charge in [0.15, 0.2) is 0 Å². The average Bonchev–Trinajstić information content (AvgIpc) is 2.99. The lowest BCUT2D eigenvalue weighted by Crippen LogP contribution is -2.19. The number of para-hydroxylation sites is 1. The third kappa shape index (κ3) is 5.67. The topological polar surface area (TPSA) is 116 Å². The zero-order chi connectivity index (χ0) is 29.1. The smallest absolute Gasteiger partial charge is 0.336 e. The molecule has 1 amide bonds. The number of nitriles is 1. The molecule has 0 fully saturated rings. The van der Waals surface area contributed by atoms with Crippen LogP contribution in [0.5, 0.6) is 0 Å². The Bertz CT molecular complexity index is 1830. The molecule has 2 N–H and O–H groups in total. The summed E-state index contributed by atoms with van der Waals surface area (Å²) in [6.45, 7) is 5.74. The number of aromatic carboxylic acids is 1. The van der Waals surface area contributed by atoms with Crippen molar-refractivity contribution in [1.29, 1.82) is 5.26 Å². The van der Waals surface area contributed by atoms with Gasteiger partial charge in [-0.1, -0.05) is 72.4 Å². The number of rotatable bonds is 7. The second kappa shape index (κ2) is 11.6. The molecule has 3 aromatic carbocycles. The molecule has 5 rings (SSSR count). The lowest BCUT2D eigenvalue weighted by atomic mass is 10.0. The number of amides is 1.